The first-order valence-corrected chi connectivity index (χ1v) is 10.8. The highest BCUT2D eigenvalue weighted by Crippen LogP contribution is 2.32. The first-order chi connectivity index (χ1) is 14.6. The fourth-order valence-corrected chi connectivity index (χ4v) is 4.41. The van der Waals surface area contributed by atoms with Crippen molar-refractivity contribution in [1.29, 1.82) is 0 Å². The summed E-state index contributed by atoms with van der Waals surface area (Å²) in [6, 6.07) is 13.6. The smallest absolute Gasteiger partial charge is 0.242 e. The molecule has 0 aliphatic carbocycles. The number of carbonyl (C=O) groups is 1. The Morgan fingerprint density at radius 1 is 1.17 bits per heavy atom. The van der Waals surface area contributed by atoms with Gasteiger partial charge in [-0.2, -0.15) is 5.10 Å². The van der Waals surface area contributed by atoms with Crippen LogP contribution in [0.5, 0.6) is 11.5 Å². The van der Waals surface area contributed by atoms with Crippen molar-refractivity contribution in [3.63, 3.8) is 0 Å². The van der Waals surface area contributed by atoms with Crippen molar-refractivity contribution in [2.24, 2.45) is 10.2 Å². The fraction of sp³-hybridized carbons (Fsp3) is 0.348. The second-order valence-corrected chi connectivity index (χ2v) is 8.15. The summed E-state index contributed by atoms with van der Waals surface area (Å²) < 4.78 is 10.6. The summed E-state index contributed by atoms with van der Waals surface area (Å²) in [6.45, 7) is 4.64. The topological polar surface area (TPSA) is 63.5 Å². The molecule has 0 spiro atoms. The van der Waals surface area contributed by atoms with Crippen LogP contribution in [0.25, 0.3) is 0 Å². The molecule has 7 heteroatoms. The SMILES string of the molecule is CCC[C@@H]1S/C(=N/N=C\c2ccc(OC)cc2OC)N(Cc2ccccc2C)C1=O. The van der Waals surface area contributed by atoms with E-state index in [2.05, 4.69) is 30.1 Å². The highest BCUT2D eigenvalue weighted by molar-refractivity contribution is 8.15. The number of amidine groups is 1. The molecule has 1 atom stereocenters. The van der Waals surface area contributed by atoms with Gasteiger partial charge in [0.2, 0.25) is 5.91 Å². The van der Waals surface area contributed by atoms with Crippen LogP contribution in [0.15, 0.2) is 52.7 Å². The fourth-order valence-electron chi connectivity index (χ4n) is 3.20. The molecule has 0 unspecified atom stereocenters. The third-order valence-corrected chi connectivity index (χ3v) is 6.18. The molecule has 0 saturated carbocycles. The molecule has 0 N–H and O–H groups in total. The minimum atomic E-state index is -0.108. The van der Waals surface area contributed by atoms with Gasteiger partial charge in [0.15, 0.2) is 5.17 Å². The summed E-state index contributed by atoms with van der Waals surface area (Å²) in [6.07, 6.45) is 3.40. The normalized spacial score (nSPS) is 17.9. The average molecular weight is 426 g/mol. The van der Waals surface area contributed by atoms with Gasteiger partial charge in [0.25, 0.3) is 0 Å². The maximum Gasteiger partial charge on any atom is 0.242 e. The van der Waals surface area contributed by atoms with E-state index in [1.165, 1.54) is 11.8 Å². The standard InChI is InChI=1S/C23H27N3O3S/c1-5-8-21-22(27)26(15-18-10-7-6-9-16(18)2)23(30-21)25-24-14-17-11-12-19(28-3)13-20(17)29-4/h6-7,9-14,21H,5,8,15H2,1-4H3/b24-14-,25-23+/t21-/m0/s1. The number of rotatable bonds is 8. The van der Waals surface area contributed by atoms with Crippen molar-refractivity contribution in [2.75, 3.05) is 14.2 Å². The summed E-state index contributed by atoms with van der Waals surface area (Å²) in [5, 5.41) is 9.17. The predicted octanol–water partition coefficient (Wildman–Crippen LogP) is 4.65. The molecule has 0 radical (unpaired) electrons. The minimum absolute atomic E-state index is 0.0982. The third-order valence-electron chi connectivity index (χ3n) is 4.94. The molecule has 1 heterocycles. The maximum atomic E-state index is 13.0. The summed E-state index contributed by atoms with van der Waals surface area (Å²) in [5.74, 6) is 1.45. The zero-order valence-corrected chi connectivity index (χ0v) is 18.6. The first kappa shape index (κ1) is 21.9. The Labute approximate surface area is 182 Å². The molecular weight excluding hydrogens is 398 g/mol. The van der Waals surface area contributed by atoms with Gasteiger partial charge in [-0.05, 0) is 36.6 Å². The lowest BCUT2D eigenvalue weighted by Gasteiger charge is -2.17. The Kier molecular flexibility index (Phi) is 7.52. The Bertz CT molecular complexity index is 958. The van der Waals surface area contributed by atoms with Gasteiger partial charge in [-0.25, -0.2) is 0 Å². The number of hydrogen-bond donors (Lipinski definition) is 0. The number of benzene rings is 2. The molecule has 2 aromatic rings. The van der Waals surface area contributed by atoms with Gasteiger partial charge in [0.05, 0.1) is 32.2 Å². The lowest BCUT2D eigenvalue weighted by atomic mass is 10.1. The second-order valence-electron chi connectivity index (χ2n) is 6.98. The maximum absolute atomic E-state index is 13.0. The second kappa shape index (κ2) is 10.3. The van der Waals surface area contributed by atoms with Gasteiger partial charge in [0.1, 0.15) is 11.5 Å². The largest absolute Gasteiger partial charge is 0.497 e. The average Bonchev–Trinajstić information content (AvgIpc) is 3.05. The van der Waals surface area contributed by atoms with E-state index >= 15 is 0 Å². The Morgan fingerprint density at radius 3 is 2.67 bits per heavy atom. The summed E-state index contributed by atoms with van der Waals surface area (Å²) in [7, 11) is 3.21. The van der Waals surface area contributed by atoms with Crippen LogP contribution in [-0.4, -0.2) is 41.7 Å². The summed E-state index contributed by atoms with van der Waals surface area (Å²) in [5.41, 5.74) is 3.05. The van der Waals surface area contributed by atoms with E-state index in [0.29, 0.717) is 23.2 Å². The van der Waals surface area contributed by atoms with E-state index in [1.807, 2.05) is 30.3 Å². The number of aryl methyl sites for hydroxylation is 1. The molecule has 30 heavy (non-hydrogen) atoms. The zero-order valence-electron chi connectivity index (χ0n) is 17.8. The van der Waals surface area contributed by atoms with E-state index in [1.54, 1.807) is 31.4 Å². The minimum Gasteiger partial charge on any atom is -0.497 e. The number of thioether (sulfide) groups is 1. The number of nitrogens with zero attached hydrogens (tertiary/aromatic N) is 3. The molecule has 0 bridgehead atoms. The highest BCUT2D eigenvalue weighted by Gasteiger charge is 2.37. The van der Waals surface area contributed by atoms with E-state index < -0.39 is 0 Å². The van der Waals surface area contributed by atoms with Crippen LogP contribution in [0.2, 0.25) is 0 Å². The van der Waals surface area contributed by atoms with Gasteiger partial charge in [-0.15, -0.1) is 5.10 Å². The molecule has 1 aliphatic rings. The Balaban J connectivity index is 1.85. The summed E-state index contributed by atoms with van der Waals surface area (Å²) in [4.78, 5) is 14.7. The lowest BCUT2D eigenvalue weighted by Crippen LogP contribution is -2.31. The van der Waals surface area contributed by atoms with Crippen LogP contribution in [0.3, 0.4) is 0 Å². The van der Waals surface area contributed by atoms with Gasteiger partial charge in [-0.1, -0.05) is 49.4 Å². The van der Waals surface area contributed by atoms with E-state index in [-0.39, 0.29) is 11.2 Å². The van der Waals surface area contributed by atoms with Gasteiger partial charge < -0.3 is 9.47 Å². The van der Waals surface area contributed by atoms with Gasteiger partial charge >= 0.3 is 0 Å². The first-order valence-electron chi connectivity index (χ1n) is 9.93. The van der Waals surface area contributed by atoms with Crippen LogP contribution in [0.4, 0.5) is 0 Å². The van der Waals surface area contributed by atoms with Crippen LogP contribution >= 0.6 is 11.8 Å². The van der Waals surface area contributed by atoms with Crippen LogP contribution in [0, 0.1) is 6.92 Å². The Hall–Kier alpha value is -2.80. The van der Waals surface area contributed by atoms with Crippen molar-refractivity contribution < 1.29 is 14.3 Å². The molecule has 3 rings (SSSR count). The monoisotopic (exact) mass is 425 g/mol. The van der Waals surface area contributed by atoms with Crippen LogP contribution < -0.4 is 9.47 Å². The van der Waals surface area contributed by atoms with Crippen molar-refractivity contribution in [3.05, 3.63) is 59.2 Å². The van der Waals surface area contributed by atoms with Crippen LogP contribution in [-0.2, 0) is 11.3 Å². The van der Waals surface area contributed by atoms with Crippen LogP contribution in [0.1, 0.15) is 36.5 Å². The number of methoxy groups -OCH3 is 2. The Morgan fingerprint density at radius 2 is 1.97 bits per heavy atom. The molecule has 1 amide bonds. The van der Waals surface area contributed by atoms with Crippen molar-refractivity contribution >= 4 is 29.1 Å². The number of amides is 1. The molecule has 2 aromatic carbocycles. The molecule has 1 saturated heterocycles. The number of ether oxygens (including phenoxy) is 2. The molecule has 6 nitrogen and oxygen atoms in total. The zero-order chi connectivity index (χ0) is 21.5. The number of carbonyl (C=O) groups excluding carboxylic acids is 1. The molecule has 1 fully saturated rings. The van der Waals surface area contributed by atoms with E-state index in [0.717, 1.165) is 29.5 Å². The highest BCUT2D eigenvalue weighted by atomic mass is 32.2. The lowest BCUT2D eigenvalue weighted by molar-refractivity contribution is -0.126. The van der Waals surface area contributed by atoms with Crippen molar-refractivity contribution in [3.8, 4) is 11.5 Å². The van der Waals surface area contributed by atoms with Gasteiger partial charge in [-0.3, -0.25) is 9.69 Å². The number of hydrogen-bond acceptors (Lipinski definition) is 6. The molecular formula is C23H27N3O3S. The molecule has 158 valence electrons. The van der Waals surface area contributed by atoms with E-state index in [4.69, 9.17) is 9.47 Å². The summed E-state index contributed by atoms with van der Waals surface area (Å²) >= 11 is 1.49. The molecule has 1 aliphatic heterocycles. The van der Waals surface area contributed by atoms with Crippen molar-refractivity contribution in [2.45, 2.75) is 38.5 Å². The molecule has 0 aromatic heterocycles. The third kappa shape index (κ3) is 5.02. The van der Waals surface area contributed by atoms with Gasteiger partial charge in [0, 0.05) is 11.6 Å². The quantitative estimate of drug-likeness (QED) is 0.456. The predicted molar refractivity (Wildman–Crippen MR) is 123 cm³/mol. The van der Waals surface area contributed by atoms with E-state index in [9.17, 15) is 4.79 Å². The van der Waals surface area contributed by atoms with Crippen molar-refractivity contribution in [1.82, 2.24) is 4.90 Å².